The number of carbonyl (C=O) groups is 1. The quantitative estimate of drug-likeness (QED) is 0.437. The van der Waals surface area contributed by atoms with Gasteiger partial charge in [-0.1, -0.05) is 18.2 Å². The van der Waals surface area contributed by atoms with Gasteiger partial charge in [0.2, 0.25) is 0 Å². The van der Waals surface area contributed by atoms with Crippen LogP contribution in [0, 0.1) is 11.3 Å². The lowest BCUT2D eigenvalue weighted by molar-refractivity contribution is -0.112. The lowest BCUT2D eigenvalue weighted by Gasteiger charge is -2.26. The number of rotatable bonds is 10. The largest absolute Gasteiger partial charge is 0.495 e. The van der Waals surface area contributed by atoms with Crippen LogP contribution in [-0.2, 0) is 9.53 Å². The zero-order valence-corrected chi connectivity index (χ0v) is 19.0. The topological polar surface area (TPSA) is 93.0 Å². The fourth-order valence-corrected chi connectivity index (χ4v) is 3.36. The Kier molecular flexibility index (Phi) is 9.12. The third kappa shape index (κ3) is 6.97. The van der Waals surface area contributed by atoms with E-state index in [2.05, 4.69) is 10.2 Å². The van der Waals surface area contributed by atoms with Gasteiger partial charge in [0, 0.05) is 19.6 Å². The van der Waals surface area contributed by atoms with E-state index in [1.165, 1.54) is 13.2 Å². The van der Waals surface area contributed by atoms with Gasteiger partial charge in [-0.15, -0.1) is 0 Å². The van der Waals surface area contributed by atoms with E-state index in [1.54, 1.807) is 42.5 Å². The molecule has 0 saturated carbocycles. The zero-order chi connectivity index (χ0) is 23.5. The molecule has 2 aromatic rings. The van der Waals surface area contributed by atoms with E-state index in [1.807, 2.05) is 13.0 Å². The number of nitriles is 1. The van der Waals surface area contributed by atoms with Crippen molar-refractivity contribution in [3.8, 4) is 23.3 Å². The first-order chi connectivity index (χ1) is 16.1. The number of nitrogens with one attached hydrogen (secondary N) is 1. The highest BCUT2D eigenvalue weighted by molar-refractivity contribution is 6.10. The van der Waals surface area contributed by atoms with E-state index in [-0.39, 0.29) is 5.57 Å². The molecule has 1 aliphatic rings. The van der Waals surface area contributed by atoms with Crippen molar-refractivity contribution < 1.29 is 23.7 Å². The molecule has 0 atom stereocenters. The van der Waals surface area contributed by atoms with Gasteiger partial charge in [0.05, 0.1) is 32.6 Å². The van der Waals surface area contributed by atoms with Crippen LogP contribution >= 0.6 is 0 Å². The highest BCUT2D eigenvalue weighted by Crippen LogP contribution is 2.30. The average Bonchev–Trinajstić information content (AvgIpc) is 2.85. The van der Waals surface area contributed by atoms with Crippen molar-refractivity contribution >= 4 is 17.7 Å². The number of anilines is 1. The van der Waals surface area contributed by atoms with Crippen LogP contribution in [0.15, 0.2) is 48.0 Å². The van der Waals surface area contributed by atoms with Gasteiger partial charge < -0.3 is 24.3 Å². The molecule has 0 radical (unpaired) electrons. The Morgan fingerprint density at radius 3 is 2.67 bits per heavy atom. The Hall–Kier alpha value is -3.54. The van der Waals surface area contributed by atoms with Crippen LogP contribution in [0.3, 0.4) is 0 Å². The van der Waals surface area contributed by atoms with Crippen molar-refractivity contribution in [3.05, 3.63) is 53.6 Å². The number of benzene rings is 2. The second-order valence-electron chi connectivity index (χ2n) is 7.27. The molecule has 0 unspecified atom stereocenters. The van der Waals surface area contributed by atoms with E-state index in [0.29, 0.717) is 41.7 Å². The summed E-state index contributed by atoms with van der Waals surface area (Å²) in [4.78, 5) is 15.0. The lowest BCUT2D eigenvalue weighted by atomic mass is 10.1. The second kappa shape index (κ2) is 12.5. The van der Waals surface area contributed by atoms with Crippen LogP contribution in [0.4, 0.5) is 5.69 Å². The minimum absolute atomic E-state index is 0.0376. The van der Waals surface area contributed by atoms with Crippen molar-refractivity contribution in [2.45, 2.75) is 6.92 Å². The fourth-order valence-electron chi connectivity index (χ4n) is 3.36. The van der Waals surface area contributed by atoms with E-state index >= 15 is 0 Å². The number of ether oxygens (including phenoxy) is 4. The van der Waals surface area contributed by atoms with Crippen LogP contribution < -0.4 is 19.5 Å². The zero-order valence-electron chi connectivity index (χ0n) is 19.0. The molecular formula is C25H29N3O5. The molecule has 2 aromatic carbocycles. The highest BCUT2D eigenvalue weighted by Gasteiger charge is 2.14. The smallest absolute Gasteiger partial charge is 0.266 e. The number of carbonyl (C=O) groups excluding carboxylic acids is 1. The Morgan fingerprint density at radius 1 is 1.15 bits per heavy atom. The first-order valence-corrected chi connectivity index (χ1v) is 10.9. The van der Waals surface area contributed by atoms with E-state index in [4.69, 9.17) is 18.9 Å². The van der Waals surface area contributed by atoms with Crippen LogP contribution in [0.2, 0.25) is 0 Å². The molecule has 0 aliphatic carbocycles. The first-order valence-electron chi connectivity index (χ1n) is 10.9. The lowest BCUT2D eigenvalue weighted by Crippen LogP contribution is -2.38. The van der Waals surface area contributed by atoms with Crippen LogP contribution in [0.25, 0.3) is 6.08 Å². The Balaban J connectivity index is 1.70. The molecule has 1 fully saturated rings. The first kappa shape index (κ1) is 24.1. The van der Waals surface area contributed by atoms with Crippen LogP contribution in [-0.4, -0.2) is 64.0 Å². The number of morpholine rings is 1. The van der Waals surface area contributed by atoms with Gasteiger partial charge in [-0.3, -0.25) is 9.69 Å². The highest BCUT2D eigenvalue weighted by atomic mass is 16.5. The van der Waals surface area contributed by atoms with Gasteiger partial charge in [-0.2, -0.15) is 5.26 Å². The Morgan fingerprint density at radius 2 is 1.94 bits per heavy atom. The molecule has 0 bridgehead atoms. The van der Waals surface area contributed by atoms with E-state index in [0.717, 1.165) is 32.8 Å². The maximum absolute atomic E-state index is 12.7. The number of nitrogens with zero attached hydrogens (tertiary/aromatic N) is 2. The summed E-state index contributed by atoms with van der Waals surface area (Å²) in [7, 11) is 1.52. The van der Waals surface area contributed by atoms with Gasteiger partial charge in [0.25, 0.3) is 5.91 Å². The summed E-state index contributed by atoms with van der Waals surface area (Å²) >= 11 is 0. The number of hydrogen-bond acceptors (Lipinski definition) is 7. The van der Waals surface area contributed by atoms with E-state index < -0.39 is 5.91 Å². The van der Waals surface area contributed by atoms with Crippen molar-refractivity contribution in [3.63, 3.8) is 0 Å². The second-order valence-corrected chi connectivity index (χ2v) is 7.27. The average molecular weight is 452 g/mol. The predicted octanol–water partition coefficient (Wildman–Crippen LogP) is 3.35. The fraction of sp³-hybridized carbons (Fsp3) is 0.360. The summed E-state index contributed by atoms with van der Waals surface area (Å²) in [6.45, 7) is 6.98. The third-order valence-electron chi connectivity index (χ3n) is 5.07. The Bertz CT molecular complexity index is 1010. The minimum Gasteiger partial charge on any atom is -0.495 e. The van der Waals surface area contributed by atoms with Crippen molar-refractivity contribution in [2.75, 3.05) is 58.5 Å². The summed E-state index contributed by atoms with van der Waals surface area (Å²) in [6, 6.07) is 14.3. The Labute approximate surface area is 194 Å². The number of hydrogen-bond donors (Lipinski definition) is 1. The maximum atomic E-state index is 12.7. The normalized spacial score (nSPS) is 14.3. The molecule has 1 aliphatic heterocycles. The van der Waals surface area contributed by atoms with Crippen LogP contribution in [0.1, 0.15) is 12.5 Å². The maximum Gasteiger partial charge on any atom is 0.266 e. The predicted molar refractivity (Wildman–Crippen MR) is 126 cm³/mol. The monoisotopic (exact) mass is 451 g/mol. The minimum atomic E-state index is -0.522. The third-order valence-corrected chi connectivity index (χ3v) is 5.07. The van der Waals surface area contributed by atoms with Gasteiger partial charge in [0.1, 0.15) is 24.0 Å². The van der Waals surface area contributed by atoms with Gasteiger partial charge in [-0.05, 0) is 42.8 Å². The SMILES string of the molecule is CCOc1cc(C=C(C#N)C(=O)Nc2ccccc2OC)ccc1OCCN1CCOCC1. The molecule has 0 spiro atoms. The van der Waals surface area contributed by atoms with Crippen molar-refractivity contribution in [2.24, 2.45) is 0 Å². The standard InChI is InChI=1S/C25H29N3O5/c1-3-32-24-17-19(8-9-23(24)33-15-12-28-10-13-31-14-11-28)16-20(18-26)25(29)27-21-6-4-5-7-22(21)30-2/h4-9,16-17H,3,10-15H2,1-2H3,(H,27,29). The molecule has 174 valence electrons. The number of para-hydroxylation sites is 2. The molecule has 33 heavy (non-hydrogen) atoms. The number of amides is 1. The molecule has 3 rings (SSSR count). The molecule has 1 saturated heterocycles. The van der Waals surface area contributed by atoms with Gasteiger partial charge in [-0.25, -0.2) is 0 Å². The van der Waals surface area contributed by atoms with Crippen LogP contribution in [0.5, 0.6) is 17.2 Å². The van der Waals surface area contributed by atoms with Crippen molar-refractivity contribution in [1.82, 2.24) is 4.90 Å². The summed E-state index contributed by atoms with van der Waals surface area (Å²) in [5.74, 6) is 1.18. The summed E-state index contributed by atoms with van der Waals surface area (Å²) < 4.78 is 22.3. The summed E-state index contributed by atoms with van der Waals surface area (Å²) in [5.41, 5.74) is 1.11. The molecule has 1 heterocycles. The van der Waals surface area contributed by atoms with Gasteiger partial charge in [0.15, 0.2) is 11.5 Å². The van der Waals surface area contributed by atoms with Crippen molar-refractivity contribution in [1.29, 1.82) is 5.26 Å². The molecule has 8 heteroatoms. The summed E-state index contributed by atoms with van der Waals surface area (Å²) in [6.07, 6.45) is 1.52. The molecule has 1 amide bonds. The number of methoxy groups -OCH3 is 1. The van der Waals surface area contributed by atoms with Gasteiger partial charge >= 0.3 is 0 Å². The van der Waals surface area contributed by atoms with E-state index in [9.17, 15) is 10.1 Å². The molecule has 0 aromatic heterocycles. The molecule has 1 N–H and O–H groups in total. The molecular weight excluding hydrogens is 422 g/mol. The molecule has 8 nitrogen and oxygen atoms in total. The summed E-state index contributed by atoms with van der Waals surface area (Å²) in [5, 5.41) is 12.3.